The van der Waals surface area contributed by atoms with Gasteiger partial charge in [0, 0.05) is 0 Å². The van der Waals surface area contributed by atoms with Gasteiger partial charge in [0.25, 0.3) is 0 Å². The quantitative estimate of drug-likeness (QED) is 0.660. The van der Waals surface area contributed by atoms with E-state index < -0.39 is 5.78 Å². The third-order valence-electron chi connectivity index (χ3n) is 2.33. The lowest BCUT2D eigenvalue weighted by atomic mass is 10.1. The maximum Gasteiger partial charge on any atom is 0.207 e. The summed E-state index contributed by atoms with van der Waals surface area (Å²) >= 11 is 0. The third kappa shape index (κ3) is 2.60. The van der Waals surface area contributed by atoms with Crippen molar-refractivity contribution in [2.75, 3.05) is 0 Å². The van der Waals surface area contributed by atoms with E-state index in [1.165, 1.54) is 24.3 Å². The summed E-state index contributed by atoms with van der Waals surface area (Å²) in [6.45, 7) is 0. The molecule has 0 unspecified atom stereocenters. The van der Waals surface area contributed by atoms with Crippen molar-refractivity contribution in [3.63, 3.8) is 0 Å². The van der Waals surface area contributed by atoms with Crippen molar-refractivity contribution < 1.29 is 13.9 Å². The molecule has 0 aliphatic carbocycles. The van der Waals surface area contributed by atoms with Gasteiger partial charge >= 0.3 is 0 Å². The molecule has 0 saturated heterocycles. The Kier molecular flexibility index (Phi) is 3.48. The number of para-hydroxylation sites is 1. The SMILES string of the molecule is N=CC(=O)c1ccccc1Oc1ccc(F)cc1. The number of ether oxygens (including phenoxy) is 1. The van der Waals surface area contributed by atoms with Crippen LogP contribution in [0.2, 0.25) is 0 Å². The van der Waals surface area contributed by atoms with Crippen LogP contribution in [-0.2, 0) is 0 Å². The van der Waals surface area contributed by atoms with E-state index in [-0.39, 0.29) is 5.82 Å². The van der Waals surface area contributed by atoms with Crippen LogP contribution in [0.3, 0.4) is 0 Å². The molecule has 3 nitrogen and oxygen atoms in total. The minimum atomic E-state index is -0.437. The molecule has 18 heavy (non-hydrogen) atoms. The summed E-state index contributed by atoms with van der Waals surface area (Å²) in [5, 5.41) is 6.97. The number of halogens is 1. The highest BCUT2D eigenvalue weighted by Crippen LogP contribution is 2.25. The Hall–Kier alpha value is -2.49. The summed E-state index contributed by atoms with van der Waals surface area (Å²) in [5.41, 5.74) is 0.303. The van der Waals surface area contributed by atoms with Crippen molar-refractivity contribution in [3.8, 4) is 11.5 Å². The van der Waals surface area contributed by atoms with Crippen LogP contribution < -0.4 is 4.74 Å². The topological polar surface area (TPSA) is 50.2 Å². The summed E-state index contributed by atoms with van der Waals surface area (Å²) < 4.78 is 18.2. The predicted octanol–water partition coefficient (Wildman–Crippen LogP) is 3.45. The van der Waals surface area contributed by atoms with Crippen LogP contribution >= 0.6 is 0 Å². The molecule has 0 aromatic heterocycles. The first-order valence-electron chi connectivity index (χ1n) is 5.28. The Morgan fingerprint density at radius 3 is 2.44 bits per heavy atom. The maximum atomic E-state index is 12.7. The number of carbonyl (C=O) groups is 1. The lowest BCUT2D eigenvalue weighted by molar-refractivity contribution is 0.106. The van der Waals surface area contributed by atoms with E-state index in [9.17, 15) is 9.18 Å². The number of Topliss-reactive ketones (excluding diaryl/α,β-unsaturated/α-hetero) is 1. The van der Waals surface area contributed by atoms with E-state index in [4.69, 9.17) is 10.1 Å². The first kappa shape index (κ1) is 12.0. The molecule has 0 bridgehead atoms. The highest BCUT2D eigenvalue weighted by molar-refractivity contribution is 6.35. The number of hydrogen-bond donors (Lipinski definition) is 1. The van der Waals surface area contributed by atoms with Gasteiger partial charge < -0.3 is 10.1 Å². The minimum Gasteiger partial charge on any atom is -0.457 e. The van der Waals surface area contributed by atoms with Gasteiger partial charge in [-0.3, -0.25) is 4.79 Å². The Bertz CT molecular complexity index is 579. The van der Waals surface area contributed by atoms with E-state index in [0.717, 1.165) is 6.21 Å². The molecule has 0 heterocycles. The van der Waals surface area contributed by atoms with E-state index in [1.807, 2.05) is 0 Å². The van der Waals surface area contributed by atoms with E-state index in [0.29, 0.717) is 17.1 Å². The lowest BCUT2D eigenvalue weighted by Gasteiger charge is -2.08. The van der Waals surface area contributed by atoms with Crippen LogP contribution in [-0.4, -0.2) is 12.0 Å². The smallest absolute Gasteiger partial charge is 0.207 e. The van der Waals surface area contributed by atoms with Crippen LogP contribution in [0.1, 0.15) is 10.4 Å². The minimum absolute atomic E-state index is 0.303. The molecule has 2 aromatic carbocycles. The molecule has 0 fully saturated rings. The fourth-order valence-electron chi connectivity index (χ4n) is 1.47. The van der Waals surface area contributed by atoms with Crippen LogP contribution in [0.25, 0.3) is 0 Å². The fraction of sp³-hybridized carbons (Fsp3) is 0. The van der Waals surface area contributed by atoms with Crippen LogP contribution in [0.4, 0.5) is 4.39 Å². The Morgan fingerprint density at radius 1 is 1.11 bits per heavy atom. The largest absolute Gasteiger partial charge is 0.457 e. The molecule has 0 aliphatic rings. The number of ketones is 1. The van der Waals surface area contributed by atoms with Crippen LogP contribution in [0, 0.1) is 11.2 Å². The number of hydrogen-bond acceptors (Lipinski definition) is 3. The zero-order valence-electron chi connectivity index (χ0n) is 9.39. The van der Waals surface area contributed by atoms with Gasteiger partial charge in [0.05, 0.1) is 11.8 Å². The fourth-order valence-corrected chi connectivity index (χ4v) is 1.47. The van der Waals surface area contributed by atoms with Gasteiger partial charge in [-0.15, -0.1) is 0 Å². The average Bonchev–Trinajstić information content (AvgIpc) is 2.41. The monoisotopic (exact) mass is 243 g/mol. The summed E-state index contributed by atoms with van der Waals surface area (Å²) in [6, 6.07) is 12.1. The Morgan fingerprint density at radius 2 is 1.78 bits per heavy atom. The van der Waals surface area contributed by atoms with E-state index in [1.54, 1.807) is 24.3 Å². The standard InChI is InChI=1S/C14H10FNO2/c15-10-5-7-11(8-6-10)18-14-4-2-1-3-12(14)13(17)9-16/h1-9,16H. The zero-order valence-corrected chi connectivity index (χ0v) is 9.39. The average molecular weight is 243 g/mol. The summed E-state index contributed by atoms with van der Waals surface area (Å²) in [7, 11) is 0. The molecule has 4 heteroatoms. The molecule has 2 aromatic rings. The van der Waals surface area contributed by atoms with Gasteiger partial charge in [-0.2, -0.15) is 0 Å². The molecule has 90 valence electrons. The highest BCUT2D eigenvalue weighted by Gasteiger charge is 2.10. The Labute approximate surface area is 103 Å². The summed E-state index contributed by atoms with van der Waals surface area (Å²) in [5.74, 6) is -0.0156. The van der Waals surface area contributed by atoms with Crippen molar-refractivity contribution in [1.82, 2.24) is 0 Å². The summed E-state index contributed by atoms with van der Waals surface area (Å²) in [6.07, 6.45) is 0.729. The van der Waals surface area contributed by atoms with Gasteiger partial charge in [0.15, 0.2) is 0 Å². The number of rotatable bonds is 4. The van der Waals surface area contributed by atoms with Crippen molar-refractivity contribution in [3.05, 3.63) is 59.9 Å². The van der Waals surface area contributed by atoms with Gasteiger partial charge in [-0.25, -0.2) is 4.39 Å². The third-order valence-corrected chi connectivity index (χ3v) is 2.33. The van der Waals surface area contributed by atoms with Gasteiger partial charge in [0.2, 0.25) is 5.78 Å². The zero-order chi connectivity index (χ0) is 13.0. The van der Waals surface area contributed by atoms with Crippen molar-refractivity contribution in [1.29, 1.82) is 5.41 Å². The molecule has 0 amide bonds. The van der Waals surface area contributed by atoms with E-state index in [2.05, 4.69) is 0 Å². The van der Waals surface area contributed by atoms with Crippen molar-refractivity contribution in [2.24, 2.45) is 0 Å². The number of benzene rings is 2. The molecule has 0 atom stereocenters. The van der Waals surface area contributed by atoms with Gasteiger partial charge in [0.1, 0.15) is 17.3 Å². The molecule has 2 rings (SSSR count). The Balaban J connectivity index is 2.31. The first-order valence-corrected chi connectivity index (χ1v) is 5.28. The summed E-state index contributed by atoms with van der Waals surface area (Å²) in [4.78, 5) is 11.5. The molecular formula is C14H10FNO2. The van der Waals surface area contributed by atoms with Crippen LogP contribution in [0.15, 0.2) is 48.5 Å². The van der Waals surface area contributed by atoms with Crippen molar-refractivity contribution in [2.45, 2.75) is 0 Å². The van der Waals surface area contributed by atoms with Gasteiger partial charge in [-0.05, 0) is 36.4 Å². The second kappa shape index (κ2) is 5.23. The maximum absolute atomic E-state index is 12.7. The van der Waals surface area contributed by atoms with Crippen LogP contribution in [0.5, 0.6) is 11.5 Å². The van der Waals surface area contributed by atoms with Crippen molar-refractivity contribution >= 4 is 12.0 Å². The number of carbonyl (C=O) groups excluding carboxylic acids is 1. The molecule has 0 spiro atoms. The molecule has 1 N–H and O–H groups in total. The normalized spacial score (nSPS) is 9.83. The van der Waals surface area contributed by atoms with E-state index >= 15 is 0 Å². The molecular weight excluding hydrogens is 233 g/mol. The molecule has 0 radical (unpaired) electrons. The van der Waals surface area contributed by atoms with Gasteiger partial charge in [-0.1, -0.05) is 12.1 Å². The molecule has 0 saturated carbocycles. The molecule has 0 aliphatic heterocycles. The first-order chi connectivity index (χ1) is 8.70. The number of nitrogens with one attached hydrogen (secondary N) is 1. The second-order valence-corrected chi connectivity index (χ2v) is 3.56. The highest BCUT2D eigenvalue weighted by atomic mass is 19.1. The lowest BCUT2D eigenvalue weighted by Crippen LogP contribution is -2.01. The predicted molar refractivity (Wildman–Crippen MR) is 66.0 cm³/mol. The second-order valence-electron chi connectivity index (χ2n) is 3.56.